The number of hydrogen-bond donors (Lipinski definition) is 2. The first-order chi connectivity index (χ1) is 8.99. The Hall–Kier alpha value is -1.71. The molecule has 2 rings (SSSR count). The lowest BCUT2D eigenvalue weighted by molar-refractivity contribution is 0.102. The molecule has 0 aromatic heterocycles. The molecule has 0 radical (unpaired) electrons. The highest BCUT2D eigenvalue weighted by molar-refractivity contribution is 6.36. The molecule has 0 heterocycles. The van der Waals surface area contributed by atoms with E-state index in [-0.39, 0.29) is 5.91 Å². The number of carbonyl (C=O) groups is 1. The number of nitrogens with one attached hydrogen (secondary N) is 1. The highest BCUT2D eigenvalue weighted by Crippen LogP contribution is 2.26. The van der Waals surface area contributed by atoms with Crippen LogP contribution in [0.25, 0.3) is 0 Å². The van der Waals surface area contributed by atoms with Crippen LogP contribution in [0, 0.1) is 6.92 Å². The van der Waals surface area contributed by atoms with Gasteiger partial charge in [0.05, 0.1) is 16.3 Å². The maximum atomic E-state index is 12.1. The van der Waals surface area contributed by atoms with Gasteiger partial charge in [0.1, 0.15) is 0 Å². The Balaban J connectivity index is 2.28. The Morgan fingerprint density at radius 2 is 1.95 bits per heavy atom. The Morgan fingerprint density at radius 1 is 1.21 bits per heavy atom. The number of aryl methyl sites for hydroxylation is 1. The number of rotatable bonds is 2. The fourth-order valence-corrected chi connectivity index (χ4v) is 2.11. The summed E-state index contributed by atoms with van der Waals surface area (Å²) >= 11 is 11.8. The minimum atomic E-state index is -0.301. The predicted molar refractivity (Wildman–Crippen MR) is 80.0 cm³/mol. The topological polar surface area (TPSA) is 55.1 Å². The molecule has 0 spiro atoms. The molecule has 5 heteroatoms. The average molecular weight is 295 g/mol. The summed E-state index contributed by atoms with van der Waals surface area (Å²) in [4.78, 5) is 12.1. The summed E-state index contributed by atoms with van der Waals surface area (Å²) in [6, 6.07) is 10.2. The van der Waals surface area contributed by atoms with Crippen LogP contribution in [0.5, 0.6) is 0 Å². The van der Waals surface area contributed by atoms with E-state index in [0.29, 0.717) is 27.0 Å². The number of carbonyl (C=O) groups excluding carboxylic acids is 1. The number of hydrogen-bond acceptors (Lipinski definition) is 2. The van der Waals surface area contributed by atoms with E-state index in [1.165, 1.54) is 0 Å². The van der Waals surface area contributed by atoms with Crippen molar-refractivity contribution in [2.45, 2.75) is 6.92 Å². The molecule has 0 fully saturated rings. The number of amides is 1. The quantitative estimate of drug-likeness (QED) is 0.818. The SMILES string of the molecule is Cc1cccc(C(=O)Nc2ccc(Cl)cc2Cl)c1N. The molecule has 2 aromatic rings. The third-order valence-corrected chi connectivity index (χ3v) is 3.30. The third kappa shape index (κ3) is 3.00. The van der Waals surface area contributed by atoms with Crippen molar-refractivity contribution in [2.24, 2.45) is 0 Å². The van der Waals surface area contributed by atoms with Crippen LogP contribution in [-0.2, 0) is 0 Å². The van der Waals surface area contributed by atoms with Crippen LogP contribution in [0.3, 0.4) is 0 Å². The van der Waals surface area contributed by atoms with E-state index in [4.69, 9.17) is 28.9 Å². The number of nitrogens with two attached hydrogens (primary N) is 1. The summed E-state index contributed by atoms with van der Waals surface area (Å²) in [5, 5.41) is 3.61. The van der Waals surface area contributed by atoms with E-state index < -0.39 is 0 Å². The molecule has 0 saturated carbocycles. The minimum absolute atomic E-state index is 0.301. The zero-order chi connectivity index (χ0) is 14.0. The molecule has 0 aliphatic carbocycles. The van der Waals surface area contributed by atoms with Gasteiger partial charge in [-0.05, 0) is 36.8 Å². The smallest absolute Gasteiger partial charge is 0.257 e. The number of benzene rings is 2. The van der Waals surface area contributed by atoms with Crippen molar-refractivity contribution >= 4 is 40.5 Å². The molecule has 19 heavy (non-hydrogen) atoms. The fourth-order valence-electron chi connectivity index (χ4n) is 1.66. The first kappa shape index (κ1) is 13.7. The summed E-state index contributed by atoms with van der Waals surface area (Å²) < 4.78 is 0. The van der Waals surface area contributed by atoms with Crippen molar-refractivity contribution in [3.8, 4) is 0 Å². The standard InChI is InChI=1S/C14H12Cl2N2O/c1-8-3-2-4-10(13(8)17)14(19)18-12-6-5-9(15)7-11(12)16/h2-7H,17H2,1H3,(H,18,19). The van der Waals surface area contributed by atoms with Crippen LogP contribution in [0.15, 0.2) is 36.4 Å². The van der Waals surface area contributed by atoms with Crippen LogP contribution in [0.1, 0.15) is 15.9 Å². The van der Waals surface area contributed by atoms with E-state index in [2.05, 4.69) is 5.32 Å². The lowest BCUT2D eigenvalue weighted by Crippen LogP contribution is -2.14. The van der Waals surface area contributed by atoms with E-state index >= 15 is 0 Å². The second kappa shape index (κ2) is 5.51. The van der Waals surface area contributed by atoms with Crippen molar-refractivity contribution in [2.75, 3.05) is 11.1 Å². The second-order valence-electron chi connectivity index (χ2n) is 4.11. The van der Waals surface area contributed by atoms with Crippen molar-refractivity contribution in [3.05, 3.63) is 57.6 Å². The predicted octanol–water partition coefficient (Wildman–Crippen LogP) is 4.14. The summed E-state index contributed by atoms with van der Waals surface area (Å²) in [7, 11) is 0. The third-order valence-electron chi connectivity index (χ3n) is 2.75. The van der Waals surface area contributed by atoms with E-state index in [1.807, 2.05) is 13.0 Å². The fraction of sp³-hybridized carbons (Fsp3) is 0.0714. The molecule has 0 aliphatic rings. The van der Waals surface area contributed by atoms with Crippen LogP contribution in [0.4, 0.5) is 11.4 Å². The number of halogens is 2. The van der Waals surface area contributed by atoms with Gasteiger partial charge in [-0.15, -0.1) is 0 Å². The second-order valence-corrected chi connectivity index (χ2v) is 4.96. The Bertz CT molecular complexity index is 641. The van der Waals surface area contributed by atoms with Crippen molar-refractivity contribution in [1.82, 2.24) is 0 Å². The van der Waals surface area contributed by atoms with Gasteiger partial charge in [0.15, 0.2) is 0 Å². The van der Waals surface area contributed by atoms with Crippen molar-refractivity contribution in [1.29, 1.82) is 0 Å². The van der Waals surface area contributed by atoms with Gasteiger partial charge in [-0.1, -0.05) is 35.3 Å². The van der Waals surface area contributed by atoms with Gasteiger partial charge in [-0.25, -0.2) is 0 Å². The largest absolute Gasteiger partial charge is 0.398 e. The average Bonchev–Trinajstić information content (AvgIpc) is 2.36. The molecular formula is C14H12Cl2N2O. The zero-order valence-electron chi connectivity index (χ0n) is 10.2. The normalized spacial score (nSPS) is 10.3. The minimum Gasteiger partial charge on any atom is -0.398 e. The highest BCUT2D eigenvalue weighted by atomic mass is 35.5. The molecule has 1 amide bonds. The van der Waals surface area contributed by atoms with Crippen LogP contribution in [0.2, 0.25) is 10.0 Å². The first-order valence-corrected chi connectivity index (χ1v) is 6.36. The Labute approximate surface area is 121 Å². The molecule has 0 saturated heterocycles. The number of para-hydroxylation sites is 1. The maximum Gasteiger partial charge on any atom is 0.257 e. The van der Waals surface area contributed by atoms with Gasteiger partial charge in [0.2, 0.25) is 0 Å². The summed E-state index contributed by atoms with van der Waals surface area (Å²) in [5.74, 6) is -0.301. The van der Waals surface area contributed by atoms with Gasteiger partial charge in [0, 0.05) is 10.7 Å². The van der Waals surface area contributed by atoms with Crippen LogP contribution in [-0.4, -0.2) is 5.91 Å². The molecule has 0 bridgehead atoms. The van der Waals surface area contributed by atoms with Gasteiger partial charge >= 0.3 is 0 Å². The molecular weight excluding hydrogens is 283 g/mol. The first-order valence-electron chi connectivity index (χ1n) is 5.60. The lowest BCUT2D eigenvalue weighted by Gasteiger charge is -2.10. The Morgan fingerprint density at radius 3 is 2.63 bits per heavy atom. The molecule has 3 N–H and O–H groups in total. The van der Waals surface area contributed by atoms with Crippen LogP contribution < -0.4 is 11.1 Å². The molecule has 3 nitrogen and oxygen atoms in total. The molecule has 0 atom stereocenters. The molecule has 0 aliphatic heterocycles. The molecule has 0 unspecified atom stereocenters. The number of anilines is 2. The van der Waals surface area contributed by atoms with E-state index in [9.17, 15) is 4.79 Å². The van der Waals surface area contributed by atoms with Crippen LogP contribution >= 0.6 is 23.2 Å². The highest BCUT2D eigenvalue weighted by Gasteiger charge is 2.12. The lowest BCUT2D eigenvalue weighted by atomic mass is 10.1. The Kier molecular flexibility index (Phi) is 3.98. The molecule has 98 valence electrons. The molecule has 2 aromatic carbocycles. The van der Waals surface area contributed by atoms with Gasteiger partial charge in [-0.2, -0.15) is 0 Å². The zero-order valence-corrected chi connectivity index (χ0v) is 11.7. The monoisotopic (exact) mass is 294 g/mol. The van der Waals surface area contributed by atoms with Gasteiger partial charge < -0.3 is 11.1 Å². The summed E-state index contributed by atoms with van der Waals surface area (Å²) in [6.45, 7) is 1.85. The van der Waals surface area contributed by atoms with E-state index in [0.717, 1.165) is 5.56 Å². The van der Waals surface area contributed by atoms with Gasteiger partial charge in [-0.3, -0.25) is 4.79 Å². The van der Waals surface area contributed by atoms with Gasteiger partial charge in [0.25, 0.3) is 5.91 Å². The van der Waals surface area contributed by atoms with E-state index in [1.54, 1.807) is 30.3 Å². The number of nitrogen functional groups attached to an aromatic ring is 1. The van der Waals surface area contributed by atoms with Crippen molar-refractivity contribution in [3.63, 3.8) is 0 Å². The van der Waals surface area contributed by atoms with Crippen molar-refractivity contribution < 1.29 is 4.79 Å². The maximum absolute atomic E-state index is 12.1. The summed E-state index contributed by atoms with van der Waals surface area (Å²) in [6.07, 6.45) is 0. The summed E-state index contributed by atoms with van der Waals surface area (Å²) in [5.41, 5.74) is 8.12.